The normalized spacial score (nSPS) is 14.2. The molecule has 186 valence electrons. The van der Waals surface area contributed by atoms with Crippen molar-refractivity contribution in [1.82, 2.24) is 14.7 Å². The number of hydrogen-bond acceptors (Lipinski definition) is 5. The minimum Gasteiger partial charge on any atom is -0.492 e. The summed E-state index contributed by atoms with van der Waals surface area (Å²) in [6.45, 7) is 3.13. The lowest BCUT2D eigenvalue weighted by Gasteiger charge is -2.17. The second-order valence-electron chi connectivity index (χ2n) is 8.31. The maximum absolute atomic E-state index is 12.9. The Kier molecular flexibility index (Phi) is 7.60. The van der Waals surface area contributed by atoms with Crippen LogP contribution >= 0.6 is 0 Å². The lowest BCUT2D eigenvalue weighted by atomic mass is 10.1. The van der Waals surface area contributed by atoms with Gasteiger partial charge in [0.25, 0.3) is 5.91 Å². The van der Waals surface area contributed by atoms with Crippen molar-refractivity contribution in [3.05, 3.63) is 60.3 Å². The minimum absolute atomic E-state index is 0.0349. The van der Waals surface area contributed by atoms with Crippen molar-refractivity contribution in [2.45, 2.75) is 19.0 Å². The zero-order valence-electron chi connectivity index (χ0n) is 19.3. The molecule has 1 saturated heterocycles. The number of carbonyl (C=O) groups excluding carboxylic acids is 1. The number of benzene rings is 2. The van der Waals surface area contributed by atoms with Crippen molar-refractivity contribution in [1.29, 1.82) is 0 Å². The number of anilines is 1. The van der Waals surface area contributed by atoms with Gasteiger partial charge in [-0.25, -0.2) is 0 Å². The van der Waals surface area contributed by atoms with Gasteiger partial charge in [0, 0.05) is 31.0 Å². The Hall–Kier alpha value is -3.53. The molecule has 0 bridgehead atoms. The fourth-order valence-electron chi connectivity index (χ4n) is 3.97. The van der Waals surface area contributed by atoms with Gasteiger partial charge in [0.1, 0.15) is 18.1 Å². The molecule has 0 aliphatic carbocycles. The number of aryl methyl sites for hydroxylation is 1. The Balaban J connectivity index is 1.41. The summed E-state index contributed by atoms with van der Waals surface area (Å²) in [5.41, 5.74) is 1.25. The lowest BCUT2D eigenvalue weighted by molar-refractivity contribution is -0.137. The average Bonchev–Trinajstić information content (AvgIpc) is 3.50. The van der Waals surface area contributed by atoms with Gasteiger partial charge < -0.3 is 14.8 Å². The van der Waals surface area contributed by atoms with E-state index in [1.165, 1.54) is 25.0 Å². The van der Waals surface area contributed by atoms with Crippen molar-refractivity contribution in [2.75, 3.05) is 38.2 Å². The number of halogens is 3. The third-order valence-corrected chi connectivity index (χ3v) is 5.76. The lowest BCUT2D eigenvalue weighted by Crippen LogP contribution is -2.25. The highest BCUT2D eigenvalue weighted by atomic mass is 19.4. The third-order valence-electron chi connectivity index (χ3n) is 5.76. The standard InChI is InChI=1S/C25H27F3N4O3/c1-31-22(9-10-29-31)21-16-19(7-8-23(21)34-14-13-32-11-2-3-12-32)30-24(33)17-35-20-6-4-5-18(15-20)25(26,27)28/h4-10,15-16H,2-3,11-14,17H2,1H3,(H,30,33). The Morgan fingerprint density at radius 1 is 1.09 bits per heavy atom. The number of nitrogens with zero attached hydrogens (tertiary/aromatic N) is 3. The summed E-state index contributed by atoms with van der Waals surface area (Å²) in [4.78, 5) is 14.8. The third kappa shape index (κ3) is 6.54. The molecule has 0 saturated carbocycles. The Morgan fingerprint density at radius 2 is 1.89 bits per heavy atom. The van der Waals surface area contributed by atoms with Crippen LogP contribution in [0.2, 0.25) is 0 Å². The zero-order valence-corrected chi connectivity index (χ0v) is 19.3. The van der Waals surface area contributed by atoms with Gasteiger partial charge >= 0.3 is 6.18 Å². The van der Waals surface area contributed by atoms with E-state index in [0.717, 1.165) is 43.0 Å². The summed E-state index contributed by atoms with van der Waals surface area (Å²) in [6.07, 6.45) is -0.377. The van der Waals surface area contributed by atoms with Crippen LogP contribution < -0.4 is 14.8 Å². The van der Waals surface area contributed by atoms with E-state index in [4.69, 9.17) is 9.47 Å². The van der Waals surface area contributed by atoms with Gasteiger partial charge in [0.05, 0.1) is 11.3 Å². The predicted molar refractivity (Wildman–Crippen MR) is 125 cm³/mol. The summed E-state index contributed by atoms with van der Waals surface area (Å²) in [6, 6.07) is 11.6. The van der Waals surface area contributed by atoms with Gasteiger partial charge in [-0.3, -0.25) is 14.4 Å². The largest absolute Gasteiger partial charge is 0.492 e. The number of nitrogens with one attached hydrogen (secondary N) is 1. The van der Waals surface area contributed by atoms with Crippen molar-refractivity contribution in [2.24, 2.45) is 7.05 Å². The molecule has 3 aromatic rings. The smallest absolute Gasteiger partial charge is 0.416 e. The van der Waals surface area contributed by atoms with Gasteiger partial charge in [-0.2, -0.15) is 18.3 Å². The first-order valence-corrected chi connectivity index (χ1v) is 11.4. The maximum Gasteiger partial charge on any atom is 0.416 e. The molecule has 1 N–H and O–H groups in total. The molecule has 4 rings (SSSR count). The molecule has 0 atom stereocenters. The summed E-state index contributed by atoms with van der Waals surface area (Å²) in [5, 5.41) is 6.95. The summed E-state index contributed by atoms with van der Waals surface area (Å²) in [7, 11) is 1.82. The molecule has 0 spiro atoms. The van der Waals surface area contributed by atoms with Gasteiger partial charge in [-0.05, 0) is 68.4 Å². The quantitative estimate of drug-likeness (QED) is 0.477. The number of likely N-dealkylation sites (tertiary alicyclic amines) is 1. The molecular weight excluding hydrogens is 461 g/mol. The van der Waals surface area contributed by atoms with Crippen LogP contribution in [0.4, 0.5) is 18.9 Å². The summed E-state index contributed by atoms with van der Waals surface area (Å²) in [5.74, 6) is 0.138. The molecular formula is C25H27F3N4O3. The monoisotopic (exact) mass is 488 g/mol. The average molecular weight is 489 g/mol. The van der Waals surface area contributed by atoms with Crippen molar-refractivity contribution >= 4 is 11.6 Å². The first kappa shape index (κ1) is 24.6. The van der Waals surface area contributed by atoms with Gasteiger partial charge in [0.2, 0.25) is 0 Å². The molecule has 1 aliphatic heterocycles. The molecule has 1 aromatic heterocycles. The molecule has 1 amide bonds. The molecule has 35 heavy (non-hydrogen) atoms. The highest BCUT2D eigenvalue weighted by Crippen LogP contribution is 2.33. The van der Waals surface area contributed by atoms with Gasteiger partial charge in [-0.15, -0.1) is 0 Å². The van der Waals surface area contributed by atoms with E-state index in [1.807, 2.05) is 13.1 Å². The SMILES string of the molecule is Cn1nccc1-c1cc(NC(=O)COc2cccc(C(F)(F)F)c2)ccc1OCCN1CCCC1. The fraction of sp³-hybridized carbons (Fsp3) is 0.360. The highest BCUT2D eigenvalue weighted by Gasteiger charge is 2.30. The Labute approximate surface area is 201 Å². The maximum atomic E-state index is 12.9. The van der Waals surface area contributed by atoms with Crippen LogP contribution in [-0.2, 0) is 18.0 Å². The number of ether oxygens (including phenoxy) is 2. The van der Waals surface area contributed by atoms with Crippen LogP contribution in [-0.4, -0.2) is 53.4 Å². The molecule has 1 fully saturated rings. The van der Waals surface area contributed by atoms with Crippen LogP contribution in [0.25, 0.3) is 11.3 Å². The van der Waals surface area contributed by atoms with E-state index in [9.17, 15) is 18.0 Å². The number of rotatable bonds is 9. The van der Waals surface area contributed by atoms with E-state index in [-0.39, 0.29) is 5.75 Å². The number of hydrogen-bond donors (Lipinski definition) is 1. The molecule has 0 radical (unpaired) electrons. The number of alkyl halides is 3. The van der Waals surface area contributed by atoms with E-state index in [1.54, 1.807) is 29.1 Å². The predicted octanol–water partition coefficient (Wildman–Crippen LogP) is 4.60. The van der Waals surface area contributed by atoms with Crippen LogP contribution in [0.3, 0.4) is 0 Å². The molecule has 1 aliphatic rings. The summed E-state index contributed by atoms with van der Waals surface area (Å²) >= 11 is 0. The molecule has 10 heteroatoms. The zero-order chi connectivity index (χ0) is 24.8. The highest BCUT2D eigenvalue weighted by molar-refractivity contribution is 5.93. The van der Waals surface area contributed by atoms with Crippen LogP contribution in [0, 0.1) is 0 Å². The first-order chi connectivity index (χ1) is 16.8. The summed E-state index contributed by atoms with van der Waals surface area (Å²) < 4.78 is 51.7. The van der Waals surface area contributed by atoms with E-state index in [2.05, 4.69) is 15.3 Å². The molecule has 2 heterocycles. The van der Waals surface area contributed by atoms with Crippen molar-refractivity contribution < 1.29 is 27.4 Å². The van der Waals surface area contributed by atoms with E-state index >= 15 is 0 Å². The van der Waals surface area contributed by atoms with Crippen LogP contribution in [0.1, 0.15) is 18.4 Å². The molecule has 7 nitrogen and oxygen atoms in total. The molecule has 0 unspecified atom stereocenters. The topological polar surface area (TPSA) is 68.6 Å². The number of aromatic nitrogens is 2. The van der Waals surface area contributed by atoms with E-state index < -0.39 is 24.3 Å². The van der Waals surface area contributed by atoms with Crippen LogP contribution in [0.15, 0.2) is 54.7 Å². The van der Waals surface area contributed by atoms with Crippen LogP contribution in [0.5, 0.6) is 11.5 Å². The molecule has 2 aromatic carbocycles. The number of carbonyl (C=O) groups is 1. The van der Waals surface area contributed by atoms with Crippen molar-refractivity contribution in [3.63, 3.8) is 0 Å². The fourth-order valence-corrected chi connectivity index (χ4v) is 3.97. The second-order valence-corrected chi connectivity index (χ2v) is 8.31. The minimum atomic E-state index is -4.48. The number of amides is 1. The Bertz CT molecular complexity index is 1160. The first-order valence-electron chi connectivity index (χ1n) is 11.4. The van der Waals surface area contributed by atoms with Gasteiger partial charge in [-0.1, -0.05) is 6.07 Å². The van der Waals surface area contributed by atoms with E-state index in [0.29, 0.717) is 18.0 Å². The van der Waals surface area contributed by atoms with Gasteiger partial charge in [0.15, 0.2) is 6.61 Å². The second kappa shape index (κ2) is 10.8. The van der Waals surface area contributed by atoms with Crippen molar-refractivity contribution in [3.8, 4) is 22.8 Å². The Morgan fingerprint density at radius 3 is 2.60 bits per heavy atom.